The van der Waals surface area contributed by atoms with Gasteiger partial charge in [-0.2, -0.15) is 0 Å². The van der Waals surface area contributed by atoms with Gasteiger partial charge in [0, 0.05) is 4.75 Å². The van der Waals surface area contributed by atoms with Crippen LogP contribution in [0.1, 0.15) is 26.7 Å². The molecule has 1 fully saturated rings. The minimum Gasteiger partial charge on any atom is -0.306 e. The number of piperidine rings is 1. The average molecular weight is 200 g/mol. The molecule has 3 heteroatoms. The molecule has 0 aromatic rings. The first-order chi connectivity index (χ1) is 6.31. The van der Waals surface area contributed by atoms with Crippen LogP contribution in [0.3, 0.4) is 0 Å². The molecule has 2 rings (SSSR count). The summed E-state index contributed by atoms with van der Waals surface area (Å²) in [6.07, 6.45) is 2.63. The second-order valence-electron chi connectivity index (χ2n) is 3.55. The number of likely N-dealkylation sites (tertiary alicyclic amines) is 1. The van der Waals surface area contributed by atoms with Crippen LogP contribution in [0.5, 0.6) is 0 Å². The largest absolute Gasteiger partial charge is 0.306 e. The minimum atomic E-state index is 0.506. The highest BCUT2D eigenvalue weighted by molar-refractivity contribution is 8.13. The van der Waals surface area contributed by atoms with Gasteiger partial charge in [-0.3, -0.25) is 4.99 Å². The molecule has 0 aliphatic carbocycles. The molecule has 76 valence electrons. The predicted molar refractivity (Wildman–Crippen MR) is 61.8 cm³/mol. The Labute approximate surface area is 85.8 Å². The van der Waals surface area contributed by atoms with Crippen LogP contribution in [0.2, 0.25) is 0 Å². The number of aliphatic imine (C=N–C) groups is 1. The van der Waals surface area contributed by atoms with Crippen molar-refractivity contribution in [2.24, 2.45) is 4.99 Å². The number of rotatable bonds is 0. The van der Waals surface area contributed by atoms with Gasteiger partial charge in [0.1, 0.15) is 0 Å². The molecule has 13 heavy (non-hydrogen) atoms. The lowest BCUT2D eigenvalue weighted by Gasteiger charge is -2.35. The summed E-state index contributed by atoms with van der Waals surface area (Å²) >= 11 is 1.95. The van der Waals surface area contributed by atoms with Crippen molar-refractivity contribution in [3.05, 3.63) is 0 Å². The predicted octanol–water partition coefficient (Wildman–Crippen LogP) is 2.25. The zero-order valence-electron chi connectivity index (χ0n) is 8.92. The first kappa shape index (κ1) is 11.1. The first-order valence-corrected chi connectivity index (χ1v) is 6.03. The van der Waals surface area contributed by atoms with E-state index in [0.717, 1.165) is 6.54 Å². The highest BCUT2D eigenvalue weighted by Gasteiger charge is 2.35. The fourth-order valence-electron chi connectivity index (χ4n) is 1.69. The third kappa shape index (κ3) is 2.71. The van der Waals surface area contributed by atoms with Crippen molar-refractivity contribution in [1.82, 2.24) is 4.90 Å². The molecule has 0 unspecified atom stereocenters. The third-order valence-electron chi connectivity index (χ3n) is 2.65. The third-order valence-corrected chi connectivity index (χ3v) is 3.95. The van der Waals surface area contributed by atoms with Gasteiger partial charge in [-0.25, -0.2) is 0 Å². The van der Waals surface area contributed by atoms with Crippen molar-refractivity contribution in [3.8, 4) is 0 Å². The van der Waals surface area contributed by atoms with Crippen molar-refractivity contribution in [2.75, 3.05) is 26.7 Å². The quantitative estimate of drug-likeness (QED) is 0.596. The lowest BCUT2D eigenvalue weighted by Crippen LogP contribution is -2.41. The van der Waals surface area contributed by atoms with Gasteiger partial charge < -0.3 is 4.90 Å². The summed E-state index contributed by atoms with van der Waals surface area (Å²) in [6.45, 7) is 7.55. The molecule has 0 aromatic carbocycles. The topological polar surface area (TPSA) is 15.6 Å². The second kappa shape index (κ2) is 5.01. The highest BCUT2D eigenvalue weighted by Crippen LogP contribution is 2.38. The average Bonchev–Trinajstić information content (AvgIpc) is 2.63. The summed E-state index contributed by atoms with van der Waals surface area (Å²) in [4.78, 5) is 6.71. The van der Waals surface area contributed by atoms with Crippen LogP contribution in [0.15, 0.2) is 4.99 Å². The molecular weight excluding hydrogens is 180 g/mol. The zero-order valence-corrected chi connectivity index (χ0v) is 9.73. The molecule has 2 nitrogen and oxygen atoms in total. The maximum atomic E-state index is 4.30. The molecule has 2 aliphatic rings. The summed E-state index contributed by atoms with van der Waals surface area (Å²) in [5, 5.41) is 0. The Kier molecular flexibility index (Phi) is 4.26. The van der Waals surface area contributed by atoms with Crippen molar-refractivity contribution in [1.29, 1.82) is 0 Å². The van der Waals surface area contributed by atoms with Crippen molar-refractivity contribution < 1.29 is 0 Å². The van der Waals surface area contributed by atoms with Gasteiger partial charge in [-0.1, -0.05) is 13.8 Å². The van der Waals surface area contributed by atoms with E-state index in [9.17, 15) is 0 Å². The van der Waals surface area contributed by atoms with Gasteiger partial charge in [0.25, 0.3) is 0 Å². The zero-order chi connectivity index (χ0) is 9.73. The van der Waals surface area contributed by atoms with Crippen molar-refractivity contribution in [2.45, 2.75) is 31.4 Å². The maximum absolute atomic E-state index is 4.30. The molecule has 1 spiro atoms. The molecule has 0 aromatic heterocycles. The van der Waals surface area contributed by atoms with Crippen LogP contribution in [0.25, 0.3) is 0 Å². The van der Waals surface area contributed by atoms with Crippen LogP contribution in [0.4, 0.5) is 0 Å². The van der Waals surface area contributed by atoms with E-state index >= 15 is 0 Å². The molecule has 0 radical (unpaired) electrons. The lowest BCUT2D eigenvalue weighted by atomic mass is 9.96. The van der Waals surface area contributed by atoms with E-state index in [2.05, 4.69) is 16.9 Å². The number of hydrogen-bond acceptors (Lipinski definition) is 3. The highest BCUT2D eigenvalue weighted by atomic mass is 32.2. The van der Waals surface area contributed by atoms with Crippen molar-refractivity contribution >= 4 is 17.3 Å². The lowest BCUT2D eigenvalue weighted by molar-refractivity contribution is 0.244. The summed E-state index contributed by atoms with van der Waals surface area (Å²) in [7, 11) is 2.20. The molecule has 0 N–H and O–H groups in total. The molecule has 0 atom stereocenters. The molecule has 1 saturated heterocycles. The fourth-order valence-corrected chi connectivity index (χ4v) is 2.63. The van der Waals surface area contributed by atoms with Gasteiger partial charge >= 0.3 is 0 Å². The van der Waals surface area contributed by atoms with Gasteiger partial charge in [-0.15, -0.1) is 11.8 Å². The molecule has 2 aliphatic heterocycles. The maximum Gasteiger partial charge on any atom is 0.0547 e. The Balaban J connectivity index is 0.000000396. The summed E-state index contributed by atoms with van der Waals surface area (Å²) in [5.41, 5.74) is 2.03. The Bertz CT molecular complexity index is 162. The second-order valence-corrected chi connectivity index (χ2v) is 4.86. The molecule has 2 heterocycles. The Morgan fingerprint density at radius 2 is 1.92 bits per heavy atom. The van der Waals surface area contributed by atoms with Gasteiger partial charge in [0.05, 0.1) is 12.1 Å². The van der Waals surface area contributed by atoms with Gasteiger partial charge in [-0.05, 0) is 33.0 Å². The van der Waals surface area contributed by atoms with E-state index in [1.165, 1.54) is 25.9 Å². The van der Waals surface area contributed by atoms with E-state index in [1.807, 2.05) is 31.2 Å². The smallest absolute Gasteiger partial charge is 0.0547 e. The van der Waals surface area contributed by atoms with E-state index in [1.54, 1.807) is 0 Å². The van der Waals surface area contributed by atoms with Crippen LogP contribution in [-0.4, -0.2) is 41.9 Å². The van der Waals surface area contributed by atoms with E-state index < -0.39 is 0 Å². The minimum absolute atomic E-state index is 0.506. The first-order valence-electron chi connectivity index (χ1n) is 5.15. The Morgan fingerprint density at radius 1 is 1.31 bits per heavy atom. The molecular formula is C10H20N2S. The van der Waals surface area contributed by atoms with Gasteiger partial charge in [0.2, 0.25) is 0 Å². The molecule has 0 saturated carbocycles. The Morgan fingerprint density at radius 3 is 2.38 bits per heavy atom. The van der Waals surface area contributed by atoms with Crippen LogP contribution >= 0.6 is 11.8 Å². The number of nitrogens with zero attached hydrogens (tertiary/aromatic N) is 2. The van der Waals surface area contributed by atoms with Crippen molar-refractivity contribution in [3.63, 3.8) is 0 Å². The van der Waals surface area contributed by atoms with Crippen LogP contribution in [0, 0.1) is 0 Å². The fraction of sp³-hybridized carbons (Fsp3) is 0.900. The SMILES string of the molecule is CC.CN1CCC2(CC1)CN=CS2. The number of thioether (sulfide) groups is 1. The number of hydrogen-bond donors (Lipinski definition) is 0. The summed E-state index contributed by atoms with van der Waals surface area (Å²) in [6, 6.07) is 0. The van der Waals surface area contributed by atoms with Crippen LogP contribution in [-0.2, 0) is 0 Å². The Hall–Kier alpha value is -0.0200. The molecule has 0 bridgehead atoms. The molecule has 0 amide bonds. The monoisotopic (exact) mass is 200 g/mol. The van der Waals surface area contributed by atoms with E-state index in [-0.39, 0.29) is 0 Å². The van der Waals surface area contributed by atoms with Gasteiger partial charge in [0.15, 0.2) is 0 Å². The van der Waals surface area contributed by atoms with Crippen LogP contribution < -0.4 is 0 Å². The van der Waals surface area contributed by atoms with E-state index in [0.29, 0.717) is 4.75 Å². The van der Waals surface area contributed by atoms with E-state index in [4.69, 9.17) is 0 Å². The normalized spacial score (nSPS) is 25.8. The summed E-state index contributed by atoms with van der Waals surface area (Å²) < 4.78 is 0.506. The summed E-state index contributed by atoms with van der Waals surface area (Å²) in [5.74, 6) is 0. The standard InChI is InChI=1S/C8H14N2S.C2H6/c1-10-4-2-8(3-5-10)6-9-7-11-8;1-2/h7H,2-6H2,1H3;1-2H3.